The summed E-state index contributed by atoms with van der Waals surface area (Å²) in [6, 6.07) is 6.35. The fourth-order valence-electron chi connectivity index (χ4n) is 1.54. The average molecular weight is 258 g/mol. The van der Waals surface area contributed by atoms with Gasteiger partial charge >= 0.3 is 0 Å². The molecule has 0 bridgehead atoms. The predicted octanol–water partition coefficient (Wildman–Crippen LogP) is 0.365. The second kappa shape index (κ2) is 5.59. The molecule has 0 radical (unpaired) electrons. The third-order valence-corrected chi connectivity index (χ3v) is 3.41. The van der Waals surface area contributed by atoms with Crippen LogP contribution in [0.5, 0.6) is 0 Å². The standard InChI is InChI=1S/C11H18N2O3S/c1-8(7-14)13-9(2)10-4-3-5-11(6-10)17(12,15)16/h3-6,8-9,13-14H,7H2,1-2H3,(H2,12,15,16)/t8-,9?/m1/s1. The maximum atomic E-state index is 11.2. The highest BCUT2D eigenvalue weighted by molar-refractivity contribution is 7.89. The summed E-state index contributed by atoms with van der Waals surface area (Å²) >= 11 is 0. The van der Waals surface area contributed by atoms with E-state index in [9.17, 15) is 8.42 Å². The molecular formula is C11H18N2O3S. The minimum Gasteiger partial charge on any atom is -0.395 e. The molecule has 0 aromatic heterocycles. The van der Waals surface area contributed by atoms with Gasteiger partial charge in [0.05, 0.1) is 11.5 Å². The summed E-state index contributed by atoms with van der Waals surface area (Å²) in [5.41, 5.74) is 0.817. The lowest BCUT2D eigenvalue weighted by Gasteiger charge is -2.19. The van der Waals surface area contributed by atoms with Crippen LogP contribution in [0.25, 0.3) is 0 Å². The number of rotatable bonds is 5. The number of sulfonamides is 1. The van der Waals surface area contributed by atoms with Gasteiger partial charge in [-0.2, -0.15) is 0 Å². The molecule has 0 aliphatic rings. The van der Waals surface area contributed by atoms with Crippen LogP contribution >= 0.6 is 0 Å². The van der Waals surface area contributed by atoms with Crippen molar-refractivity contribution in [2.45, 2.75) is 30.8 Å². The fourth-order valence-corrected chi connectivity index (χ4v) is 2.11. The first-order valence-corrected chi connectivity index (χ1v) is 6.89. The predicted molar refractivity (Wildman–Crippen MR) is 65.9 cm³/mol. The van der Waals surface area contributed by atoms with E-state index in [4.69, 9.17) is 10.2 Å². The van der Waals surface area contributed by atoms with Gasteiger partial charge in [0, 0.05) is 12.1 Å². The zero-order valence-electron chi connectivity index (χ0n) is 9.92. The van der Waals surface area contributed by atoms with E-state index in [0.717, 1.165) is 5.56 Å². The van der Waals surface area contributed by atoms with Crippen LogP contribution in [0.2, 0.25) is 0 Å². The van der Waals surface area contributed by atoms with Crippen LogP contribution in [-0.2, 0) is 10.0 Å². The Kier molecular flexibility index (Phi) is 4.64. The molecule has 0 aliphatic heterocycles. The van der Waals surface area contributed by atoms with Crippen LogP contribution in [0, 0.1) is 0 Å². The number of hydrogen-bond donors (Lipinski definition) is 3. The second-order valence-corrected chi connectivity index (χ2v) is 5.65. The van der Waals surface area contributed by atoms with E-state index in [-0.39, 0.29) is 23.6 Å². The molecule has 0 aliphatic carbocycles. The summed E-state index contributed by atoms with van der Waals surface area (Å²) in [5.74, 6) is 0. The molecule has 0 saturated carbocycles. The molecule has 1 aromatic rings. The smallest absolute Gasteiger partial charge is 0.238 e. The summed E-state index contributed by atoms with van der Waals surface area (Å²) in [6.45, 7) is 3.77. The Bertz CT molecular complexity index is 473. The Hall–Kier alpha value is -0.950. The van der Waals surface area contributed by atoms with Crippen molar-refractivity contribution >= 4 is 10.0 Å². The summed E-state index contributed by atoms with van der Waals surface area (Å²) in [4.78, 5) is 0.0975. The quantitative estimate of drug-likeness (QED) is 0.711. The Morgan fingerprint density at radius 1 is 1.41 bits per heavy atom. The van der Waals surface area contributed by atoms with Crippen molar-refractivity contribution in [1.82, 2.24) is 5.32 Å². The first-order valence-electron chi connectivity index (χ1n) is 5.34. The van der Waals surface area contributed by atoms with E-state index in [1.165, 1.54) is 12.1 Å². The zero-order chi connectivity index (χ0) is 13.1. The number of nitrogens with one attached hydrogen (secondary N) is 1. The molecule has 0 amide bonds. The van der Waals surface area contributed by atoms with Gasteiger partial charge in [-0.1, -0.05) is 12.1 Å². The minimum atomic E-state index is -3.67. The topological polar surface area (TPSA) is 92.4 Å². The molecule has 0 saturated heterocycles. The summed E-state index contributed by atoms with van der Waals surface area (Å²) in [6.07, 6.45) is 0. The van der Waals surface area contributed by atoms with Crippen LogP contribution in [0.3, 0.4) is 0 Å². The molecule has 0 fully saturated rings. The maximum Gasteiger partial charge on any atom is 0.238 e. The lowest BCUT2D eigenvalue weighted by atomic mass is 10.1. The highest BCUT2D eigenvalue weighted by Crippen LogP contribution is 2.17. The van der Waals surface area contributed by atoms with Gasteiger partial charge in [-0.3, -0.25) is 0 Å². The first kappa shape index (κ1) is 14.1. The Morgan fingerprint density at radius 3 is 2.59 bits per heavy atom. The van der Waals surface area contributed by atoms with Gasteiger partial charge in [0.15, 0.2) is 0 Å². The Morgan fingerprint density at radius 2 is 2.06 bits per heavy atom. The third kappa shape index (κ3) is 4.08. The molecule has 17 heavy (non-hydrogen) atoms. The van der Waals surface area contributed by atoms with E-state index in [2.05, 4.69) is 5.32 Å². The fraction of sp³-hybridized carbons (Fsp3) is 0.455. The lowest BCUT2D eigenvalue weighted by molar-refractivity contribution is 0.243. The molecule has 0 spiro atoms. The number of aliphatic hydroxyl groups is 1. The summed E-state index contributed by atoms with van der Waals surface area (Å²) in [7, 11) is -3.67. The monoisotopic (exact) mass is 258 g/mol. The van der Waals surface area contributed by atoms with Crippen molar-refractivity contribution in [3.05, 3.63) is 29.8 Å². The van der Waals surface area contributed by atoms with Gasteiger partial charge < -0.3 is 10.4 Å². The molecule has 1 aromatic carbocycles. The molecule has 2 atom stereocenters. The molecule has 0 heterocycles. The van der Waals surface area contributed by atoms with Crippen molar-refractivity contribution in [3.63, 3.8) is 0 Å². The van der Waals surface area contributed by atoms with Crippen LogP contribution < -0.4 is 10.5 Å². The zero-order valence-corrected chi connectivity index (χ0v) is 10.7. The largest absolute Gasteiger partial charge is 0.395 e. The number of hydrogen-bond acceptors (Lipinski definition) is 4. The van der Waals surface area contributed by atoms with Gasteiger partial charge in [0.2, 0.25) is 10.0 Å². The minimum absolute atomic E-state index is 0.0270. The Balaban J connectivity index is 2.92. The van der Waals surface area contributed by atoms with Crippen LogP contribution in [0.1, 0.15) is 25.5 Å². The van der Waals surface area contributed by atoms with E-state index in [1.54, 1.807) is 6.07 Å². The van der Waals surface area contributed by atoms with Crippen molar-refractivity contribution < 1.29 is 13.5 Å². The third-order valence-electron chi connectivity index (χ3n) is 2.50. The number of aliphatic hydroxyl groups excluding tert-OH is 1. The van der Waals surface area contributed by atoms with Crippen LogP contribution in [0.15, 0.2) is 29.2 Å². The second-order valence-electron chi connectivity index (χ2n) is 4.09. The van der Waals surface area contributed by atoms with Gasteiger partial charge in [-0.15, -0.1) is 0 Å². The summed E-state index contributed by atoms with van der Waals surface area (Å²) < 4.78 is 22.4. The molecule has 96 valence electrons. The first-order chi connectivity index (χ1) is 7.84. The normalized spacial score (nSPS) is 15.5. The molecule has 5 nitrogen and oxygen atoms in total. The van der Waals surface area contributed by atoms with Crippen molar-refractivity contribution in [1.29, 1.82) is 0 Å². The lowest BCUT2D eigenvalue weighted by Crippen LogP contribution is -2.31. The average Bonchev–Trinajstić information content (AvgIpc) is 2.28. The molecule has 6 heteroatoms. The highest BCUT2D eigenvalue weighted by atomic mass is 32.2. The van der Waals surface area contributed by atoms with Crippen molar-refractivity contribution in [2.75, 3.05) is 6.61 Å². The van der Waals surface area contributed by atoms with E-state index >= 15 is 0 Å². The van der Waals surface area contributed by atoms with Crippen molar-refractivity contribution in [2.24, 2.45) is 5.14 Å². The molecular weight excluding hydrogens is 240 g/mol. The molecule has 4 N–H and O–H groups in total. The van der Waals surface area contributed by atoms with Crippen molar-refractivity contribution in [3.8, 4) is 0 Å². The molecule has 1 rings (SSSR count). The Labute approximate surface area is 102 Å². The number of benzene rings is 1. The number of primary sulfonamides is 1. The van der Waals surface area contributed by atoms with Crippen LogP contribution in [0.4, 0.5) is 0 Å². The van der Waals surface area contributed by atoms with Gasteiger partial charge in [0.25, 0.3) is 0 Å². The SMILES string of the molecule is CC(N[C@H](C)CO)c1cccc(S(N)(=O)=O)c1. The highest BCUT2D eigenvalue weighted by Gasteiger charge is 2.12. The van der Waals surface area contributed by atoms with E-state index in [1.807, 2.05) is 19.9 Å². The van der Waals surface area contributed by atoms with E-state index in [0.29, 0.717) is 0 Å². The van der Waals surface area contributed by atoms with Gasteiger partial charge in [0.1, 0.15) is 0 Å². The summed E-state index contributed by atoms with van der Waals surface area (Å²) in [5, 5.41) is 17.1. The van der Waals surface area contributed by atoms with E-state index < -0.39 is 10.0 Å². The maximum absolute atomic E-state index is 11.2. The molecule has 1 unspecified atom stereocenters. The van der Waals surface area contributed by atoms with Gasteiger partial charge in [-0.05, 0) is 31.5 Å². The number of nitrogens with two attached hydrogens (primary N) is 1. The van der Waals surface area contributed by atoms with Gasteiger partial charge in [-0.25, -0.2) is 13.6 Å². The van der Waals surface area contributed by atoms with Crippen LogP contribution in [-0.4, -0.2) is 26.2 Å².